The summed E-state index contributed by atoms with van der Waals surface area (Å²) in [6, 6.07) is 8.04. The normalized spacial score (nSPS) is 10.4. The lowest BCUT2D eigenvalue weighted by Crippen LogP contribution is -2.05. The van der Waals surface area contributed by atoms with E-state index in [9.17, 15) is 4.79 Å². The van der Waals surface area contributed by atoms with E-state index in [0.717, 1.165) is 17.2 Å². The SMILES string of the molecule is COCCc1ccccc1Nc1nc(CC(=O)OC)cs1. The molecule has 0 saturated heterocycles. The Bertz CT molecular complexity index is 598. The summed E-state index contributed by atoms with van der Waals surface area (Å²) < 4.78 is 9.76. The van der Waals surface area contributed by atoms with Crippen LogP contribution in [0.5, 0.6) is 0 Å². The van der Waals surface area contributed by atoms with E-state index in [2.05, 4.69) is 21.1 Å². The second-order valence-corrected chi connectivity index (χ2v) is 5.28. The molecule has 1 aromatic carbocycles. The molecular formula is C15H18N2O3S. The third-order valence-corrected chi connectivity index (χ3v) is 3.75. The number of benzene rings is 1. The van der Waals surface area contributed by atoms with Gasteiger partial charge in [0, 0.05) is 18.2 Å². The Kier molecular flexibility index (Phi) is 5.71. The Hall–Kier alpha value is -1.92. The molecule has 0 spiro atoms. The molecule has 2 rings (SSSR count). The summed E-state index contributed by atoms with van der Waals surface area (Å²) >= 11 is 1.47. The fourth-order valence-electron chi connectivity index (χ4n) is 1.85. The van der Waals surface area contributed by atoms with Gasteiger partial charge in [-0.1, -0.05) is 18.2 Å². The maximum Gasteiger partial charge on any atom is 0.311 e. The minimum atomic E-state index is -0.285. The van der Waals surface area contributed by atoms with Crippen LogP contribution in [-0.4, -0.2) is 31.8 Å². The first-order valence-electron chi connectivity index (χ1n) is 6.58. The lowest BCUT2D eigenvalue weighted by atomic mass is 10.1. The Balaban J connectivity index is 2.06. The smallest absolute Gasteiger partial charge is 0.311 e. The van der Waals surface area contributed by atoms with Gasteiger partial charge in [0.2, 0.25) is 0 Å². The van der Waals surface area contributed by atoms with Gasteiger partial charge in [-0.15, -0.1) is 11.3 Å². The summed E-state index contributed by atoms with van der Waals surface area (Å²) in [5, 5.41) is 5.91. The molecule has 1 N–H and O–H groups in total. The van der Waals surface area contributed by atoms with Crippen LogP contribution in [0.1, 0.15) is 11.3 Å². The monoisotopic (exact) mass is 306 g/mol. The van der Waals surface area contributed by atoms with Gasteiger partial charge in [0.1, 0.15) is 0 Å². The van der Waals surface area contributed by atoms with Crippen molar-refractivity contribution in [2.45, 2.75) is 12.8 Å². The van der Waals surface area contributed by atoms with Crippen molar-refractivity contribution >= 4 is 28.1 Å². The molecule has 2 aromatic rings. The molecule has 0 atom stereocenters. The van der Waals surface area contributed by atoms with Crippen LogP contribution in [0.2, 0.25) is 0 Å². The standard InChI is InChI=1S/C15H18N2O3S/c1-19-8-7-11-5-3-4-6-13(11)17-15-16-12(10-21-15)9-14(18)20-2/h3-6,10H,7-9H2,1-2H3,(H,16,17). The van der Waals surface area contributed by atoms with Gasteiger partial charge >= 0.3 is 5.97 Å². The summed E-state index contributed by atoms with van der Waals surface area (Å²) in [5.74, 6) is -0.285. The van der Waals surface area contributed by atoms with Gasteiger partial charge in [0.15, 0.2) is 5.13 Å². The molecule has 1 heterocycles. The molecule has 21 heavy (non-hydrogen) atoms. The molecular weight excluding hydrogens is 288 g/mol. The van der Waals surface area contributed by atoms with Crippen LogP contribution in [0.25, 0.3) is 0 Å². The highest BCUT2D eigenvalue weighted by Crippen LogP contribution is 2.24. The zero-order valence-electron chi connectivity index (χ0n) is 12.1. The number of hydrogen-bond donors (Lipinski definition) is 1. The average molecular weight is 306 g/mol. The zero-order chi connectivity index (χ0) is 15.1. The van der Waals surface area contributed by atoms with Crippen LogP contribution in [0.15, 0.2) is 29.6 Å². The first-order valence-corrected chi connectivity index (χ1v) is 7.46. The first kappa shape index (κ1) is 15.5. The fourth-order valence-corrected chi connectivity index (χ4v) is 2.58. The van der Waals surface area contributed by atoms with Gasteiger partial charge in [0.25, 0.3) is 0 Å². The highest BCUT2D eigenvalue weighted by atomic mass is 32.1. The number of carbonyl (C=O) groups excluding carboxylic acids is 1. The van der Waals surface area contributed by atoms with Gasteiger partial charge in [-0.2, -0.15) is 0 Å². The van der Waals surface area contributed by atoms with Crippen molar-refractivity contribution in [2.75, 3.05) is 26.1 Å². The zero-order valence-corrected chi connectivity index (χ0v) is 12.9. The summed E-state index contributed by atoms with van der Waals surface area (Å²) in [7, 11) is 3.07. The quantitative estimate of drug-likeness (QED) is 0.797. The molecule has 0 fully saturated rings. The van der Waals surface area contributed by atoms with Gasteiger partial charge in [-0.3, -0.25) is 4.79 Å². The minimum absolute atomic E-state index is 0.194. The van der Waals surface area contributed by atoms with E-state index in [1.54, 1.807) is 7.11 Å². The van der Waals surface area contributed by atoms with Gasteiger partial charge < -0.3 is 14.8 Å². The number of ether oxygens (including phenoxy) is 2. The van der Waals surface area contributed by atoms with Crippen molar-refractivity contribution in [3.63, 3.8) is 0 Å². The van der Waals surface area contributed by atoms with Crippen molar-refractivity contribution in [1.29, 1.82) is 0 Å². The molecule has 5 nitrogen and oxygen atoms in total. The van der Waals surface area contributed by atoms with E-state index >= 15 is 0 Å². The number of methoxy groups -OCH3 is 2. The largest absolute Gasteiger partial charge is 0.469 e. The molecule has 6 heteroatoms. The van der Waals surface area contributed by atoms with E-state index < -0.39 is 0 Å². The Morgan fingerprint density at radius 1 is 1.33 bits per heavy atom. The summed E-state index contributed by atoms with van der Waals surface area (Å²) in [6.07, 6.45) is 1.03. The Labute approximate surface area is 127 Å². The van der Waals surface area contributed by atoms with E-state index in [1.165, 1.54) is 24.0 Å². The van der Waals surface area contributed by atoms with Crippen LogP contribution in [-0.2, 0) is 27.1 Å². The predicted octanol–water partition coefficient (Wildman–Crippen LogP) is 2.79. The highest BCUT2D eigenvalue weighted by Gasteiger charge is 2.09. The number of esters is 1. The molecule has 0 saturated carbocycles. The average Bonchev–Trinajstić information content (AvgIpc) is 2.93. The van der Waals surface area contributed by atoms with Crippen LogP contribution >= 0.6 is 11.3 Å². The molecule has 0 aliphatic carbocycles. The van der Waals surface area contributed by atoms with Crippen molar-refractivity contribution in [3.8, 4) is 0 Å². The fraction of sp³-hybridized carbons (Fsp3) is 0.333. The lowest BCUT2D eigenvalue weighted by Gasteiger charge is -2.09. The predicted molar refractivity (Wildman–Crippen MR) is 83.1 cm³/mol. The van der Waals surface area contributed by atoms with Crippen LogP contribution < -0.4 is 5.32 Å². The highest BCUT2D eigenvalue weighted by molar-refractivity contribution is 7.13. The maximum absolute atomic E-state index is 11.2. The third kappa shape index (κ3) is 4.54. The molecule has 112 valence electrons. The number of rotatable bonds is 7. The van der Waals surface area contributed by atoms with Crippen molar-refractivity contribution < 1.29 is 14.3 Å². The molecule has 0 aliphatic heterocycles. The van der Waals surface area contributed by atoms with Gasteiger partial charge in [-0.25, -0.2) is 4.98 Å². The molecule has 0 unspecified atom stereocenters. The molecule has 0 bridgehead atoms. The summed E-state index contributed by atoms with van der Waals surface area (Å²) in [5.41, 5.74) is 2.89. The van der Waals surface area contributed by atoms with Crippen LogP contribution in [0.3, 0.4) is 0 Å². The number of aromatic nitrogens is 1. The third-order valence-electron chi connectivity index (χ3n) is 2.94. The second-order valence-electron chi connectivity index (χ2n) is 4.42. The molecule has 0 amide bonds. The number of anilines is 2. The Morgan fingerprint density at radius 3 is 2.90 bits per heavy atom. The van der Waals surface area contributed by atoms with E-state index in [0.29, 0.717) is 12.3 Å². The minimum Gasteiger partial charge on any atom is -0.469 e. The summed E-state index contributed by atoms with van der Waals surface area (Å²) in [4.78, 5) is 15.6. The van der Waals surface area contributed by atoms with Crippen molar-refractivity contribution in [3.05, 3.63) is 40.9 Å². The van der Waals surface area contributed by atoms with Crippen LogP contribution in [0.4, 0.5) is 10.8 Å². The second kappa shape index (κ2) is 7.75. The number of para-hydroxylation sites is 1. The topological polar surface area (TPSA) is 60.5 Å². The van der Waals surface area contributed by atoms with Crippen molar-refractivity contribution in [2.24, 2.45) is 0 Å². The van der Waals surface area contributed by atoms with Crippen LogP contribution in [0, 0.1) is 0 Å². The first-order chi connectivity index (χ1) is 10.2. The van der Waals surface area contributed by atoms with Gasteiger partial charge in [-0.05, 0) is 18.1 Å². The van der Waals surface area contributed by atoms with Crippen molar-refractivity contribution in [1.82, 2.24) is 4.98 Å². The molecule has 1 aromatic heterocycles. The summed E-state index contributed by atoms with van der Waals surface area (Å²) in [6.45, 7) is 0.671. The Morgan fingerprint density at radius 2 is 2.14 bits per heavy atom. The van der Waals surface area contributed by atoms with E-state index in [4.69, 9.17) is 4.74 Å². The van der Waals surface area contributed by atoms with E-state index in [-0.39, 0.29) is 12.4 Å². The molecule has 0 aliphatic rings. The lowest BCUT2D eigenvalue weighted by molar-refractivity contribution is -0.139. The number of carbonyl (C=O) groups is 1. The number of hydrogen-bond acceptors (Lipinski definition) is 6. The number of nitrogens with one attached hydrogen (secondary N) is 1. The van der Waals surface area contributed by atoms with Gasteiger partial charge in [0.05, 0.1) is 25.8 Å². The maximum atomic E-state index is 11.2. The molecule has 0 radical (unpaired) electrons. The number of thiazole rings is 1. The van der Waals surface area contributed by atoms with E-state index in [1.807, 2.05) is 23.6 Å². The number of nitrogens with zero attached hydrogens (tertiary/aromatic N) is 1.